The van der Waals surface area contributed by atoms with Crippen LogP contribution in [0.25, 0.3) is 22.6 Å². The highest BCUT2D eigenvalue weighted by molar-refractivity contribution is 9.10. The number of nitrogens with one attached hydrogen (secondary N) is 1. The van der Waals surface area contributed by atoms with Gasteiger partial charge in [0, 0.05) is 22.8 Å². The minimum Gasteiger partial charge on any atom is -0.434 e. The van der Waals surface area contributed by atoms with Gasteiger partial charge < -0.3 is 14.1 Å². The molecule has 0 saturated carbocycles. The van der Waals surface area contributed by atoms with Crippen molar-refractivity contribution in [2.24, 2.45) is 0 Å². The van der Waals surface area contributed by atoms with Crippen LogP contribution in [0.4, 0.5) is 0 Å². The van der Waals surface area contributed by atoms with Crippen LogP contribution in [0.2, 0.25) is 0 Å². The van der Waals surface area contributed by atoms with Crippen molar-refractivity contribution in [2.45, 2.75) is 13.5 Å². The Kier molecular flexibility index (Phi) is 4.03. The molecule has 6 nitrogen and oxygen atoms in total. The van der Waals surface area contributed by atoms with Gasteiger partial charge >= 0.3 is 0 Å². The first-order chi connectivity index (χ1) is 11.1. The number of benzene rings is 1. The standard InChI is InChI=1S/C16H13BrN4O2/c1-9-11(3-2-4-12(9)17)16-20-13-14(23-16)10(7-18)8-21(5-6-22)15(13)19/h2-4,8,19,22H,5-6H2,1H3. The number of hydrogen-bond donors (Lipinski definition) is 2. The molecule has 0 atom stereocenters. The topological polar surface area (TPSA) is 98.8 Å². The summed E-state index contributed by atoms with van der Waals surface area (Å²) in [5, 5.41) is 26.6. The summed E-state index contributed by atoms with van der Waals surface area (Å²) in [5.41, 5.74) is 2.76. The third kappa shape index (κ3) is 2.56. The monoisotopic (exact) mass is 372 g/mol. The maximum absolute atomic E-state index is 9.32. The number of pyridine rings is 1. The molecule has 0 fully saturated rings. The largest absolute Gasteiger partial charge is 0.434 e. The van der Waals surface area contributed by atoms with Gasteiger partial charge in [-0.1, -0.05) is 22.0 Å². The zero-order chi connectivity index (χ0) is 16.6. The smallest absolute Gasteiger partial charge is 0.227 e. The van der Waals surface area contributed by atoms with E-state index in [4.69, 9.17) is 14.9 Å². The molecule has 0 aliphatic carbocycles. The molecule has 2 heterocycles. The molecule has 2 N–H and O–H groups in total. The van der Waals surface area contributed by atoms with Crippen LogP contribution in [-0.2, 0) is 6.54 Å². The van der Waals surface area contributed by atoms with Crippen LogP contribution in [0, 0.1) is 23.7 Å². The molecule has 0 radical (unpaired) electrons. The molecular formula is C16H13BrN4O2. The van der Waals surface area contributed by atoms with Crippen molar-refractivity contribution >= 4 is 27.0 Å². The van der Waals surface area contributed by atoms with Gasteiger partial charge in [-0.3, -0.25) is 5.41 Å². The van der Waals surface area contributed by atoms with E-state index < -0.39 is 0 Å². The zero-order valence-electron chi connectivity index (χ0n) is 12.3. The Morgan fingerprint density at radius 2 is 2.26 bits per heavy atom. The molecule has 7 heteroatoms. The molecule has 2 aromatic heterocycles. The minimum atomic E-state index is -0.123. The van der Waals surface area contributed by atoms with E-state index in [0.29, 0.717) is 17.0 Å². The normalized spacial score (nSPS) is 10.9. The number of hydrogen-bond acceptors (Lipinski definition) is 5. The second-order valence-corrected chi connectivity index (χ2v) is 5.88. The van der Waals surface area contributed by atoms with Crippen LogP contribution in [-0.4, -0.2) is 21.3 Å². The average molecular weight is 373 g/mol. The predicted octanol–water partition coefficient (Wildman–Crippen LogP) is 2.71. The van der Waals surface area contributed by atoms with Gasteiger partial charge in [-0.25, -0.2) is 4.98 Å². The van der Waals surface area contributed by atoms with Crippen molar-refractivity contribution in [1.82, 2.24) is 9.55 Å². The number of nitrogens with zero attached hydrogens (tertiary/aromatic N) is 3. The number of rotatable bonds is 3. The molecule has 0 amide bonds. The van der Waals surface area contributed by atoms with Gasteiger partial charge in [0.2, 0.25) is 5.89 Å². The van der Waals surface area contributed by atoms with Crippen molar-refractivity contribution in [1.29, 1.82) is 10.7 Å². The molecule has 23 heavy (non-hydrogen) atoms. The first-order valence-corrected chi connectivity index (χ1v) is 7.71. The third-order valence-electron chi connectivity index (χ3n) is 3.63. The molecule has 3 rings (SSSR count). The number of aromatic nitrogens is 2. The maximum atomic E-state index is 9.32. The van der Waals surface area contributed by atoms with Gasteiger partial charge in [0.05, 0.1) is 6.61 Å². The highest BCUT2D eigenvalue weighted by atomic mass is 79.9. The van der Waals surface area contributed by atoms with Crippen molar-refractivity contribution in [2.75, 3.05) is 6.61 Å². The summed E-state index contributed by atoms with van der Waals surface area (Å²) in [7, 11) is 0. The highest BCUT2D eigenvalue weighted by Gasteiger charge is 2.17. The molecule has 116 valence electrons. The number of fused-ring (bicyclic) bond motifs is 1. The summed E-state index contributed by atoms with van der Waals surface area (Å²) in [6, 6.07) is 7.73. The molecule has 0 aliphatic rings. The lowest BCUT2D eigenvalue weighted by Gasteiger charge is -2.04. The summed E-state index contributed by atoms with van der Waals surface area (Å²) in [4.78, 5) is 4.41. The first-order valence-electron chi connectivity index (χ1n) is 6.92. The maximum Gasteiger partial charge on any atom is 0.227 e. The van der Waals surface area contributed by atoms with Crippen LogP contribution in [0.1, 0.15) is 11.1 Å². The van der Waals surface area contributed by atoms with Gasteiger partial charge in [0.1, 0.15) is 11.6 Å². The summed E-state index contributed by atoms with van der Waals surface area (Å²) in [6.07, 6.45) is 1.50. The van der Waals surface area contributed by atoms with E-state index in [-0.39, 0.29) is 24.2 Å². The van der Waals surface area contributed by atoms with Crippen molar-refractivity contribution < 1.29 is 9.52 Å². The molecule has 0 saturated heterocycles. The Morgan fingerprint density at radius 3 is 2.96 bits per heavy atom. The summed E-state index contributed by atoms with van der Waals surface area (Å²) in [6.45, 7) is 2.04. The molecular weight excluding hydrogens is 360 g/mol. The van der Waals surface area contributed by atoms with Gasteiger partial charge in [0.25, 0.3) is 0 Å². The quantitative estimate of drug-likeness (QED) is 0.738. The van der Waals surface area contributed by atoms with E-state index in [2.05, 4.69) is 27.0 Å². The SMILES string of the molecule is Cc1c(Br)cccc1-c1nc2c(=N)n(CCO)cc(C#N)c2o1. The van der Waals surface area contributed by atoms with Crippen LogP contribution >= 0.6 is 15.9 Å². The Bertz CT molecular complexity index is 998. The molecule has 3 aromatic rings. The lowest BCUT2D eigenvalue weighted by Crippen LogP contribution is -2.22. The Hall–Kier alpha value is -2.43. The lowest BCUT2D eigenvalue weighted by molar-refractivity contribution is 0.273. The van der Waals surface area contributed by atoms with E-state index in [1.54, 1.807) is 0 Å². The minimum absolute atomic E-state index is 0.107. The second kappa shape index (κ2) is 5.99. The van der Waals surface area contributed by atoms with Gasteiger partial charge in [0.15, 0.2) is 16.6 Å². The first kappa shape index (κ1) is 15.5. The van der Waals surface area contributed by atoms with Crippen molar-refractivity contribution in [3.63, 3.8) is 0 Å². The van der Waals surface area contributed by atoms with Gasteiger partial charge in [-0.2, -0.15) is 5.26 Å². The number of aliphatic hydroxyl groups excluding tert-OH is 1. The average Bonchev–Trinajstić information content (AvgIpc) is 2.98. The Labute approximate surface area is 140 Å². The second-order valence-electron chi connectivity index (χ2n) is 5.03. The Morgan fingerprint density at radius 1 is 1.48 bits per heavy atom. The van der Waals surface area contributed by atoms with E-state index in [1.165, 1.54) is 10.8 Å². The van der Waals surface area contributed by atoms with Crippen LogP contribution < -0.4 is 5.49 Å². The van der Waals surface area contributed by atoms with Gasteiger partial charge in [-0.05, 0) is 24.6 Å². The third-order valence-corrected chi connectivity index (χ3v) is 4.49. The number of nitriles is 1. The van der Waals surface area contributed by atoms with Gasteiger partial charge in [-0.15, -0.1) is 0 Å². The molecule has 0 bridgehead atoms. The van der Waals surface area contributed by atoms with E-state index in [0.717, 1.165) is 15.6 Å². The van der Waals surface area contributed by atoms with Crippen molar-refractivity contribution in [3.8, 4) is 17.5 Å². The molecule has 0 unspecified atom stereocenters. The van der Waals surface area contributed by atoms with E-state index in [1.807, 2.05) is 25.1 Å². The van der Waals surface area contributed by atoms with Crippen LogP contribution in [0.15, 0.2) is 33.3 Å². The summed E-state index contributed by atoms with van der Waals surface area (Å²) < 4.78 is 8.19. The number of aliphatic hydroxyl groups is 1. The number of halogens is 1. The lowest BCUT2D eigenvalue weighted by atomic mass is 10.1. The fourth-order valence-electron chi connectivity index (χ4n) is 2.40. The fraction of sp³-hybridized carbons (Fsp3) is 0.188. The number of oxazole rings is 1. The van der Waals surface area contributed by atoms with Crippen LogP contribution in [0.5, 0.6) is 0 Å². The molecule has 0 aliphatic heterocycles. The highest BCUT2D eigenvalue weighted by Crippen LogP contribution is 2.30. The fourth-order valence-corrected chi connectivity index (χ4v) is 2.76. The van der Waals surface area contributed by atoms with Crippen molar-refractivity contribution in [3.05, 3.63) is 45.5 Å². The van der Waals surface area contributed by atoms with E-state index >= 15 is 0 Å². The summed E-state index contributed by atoms with van der Waals surface area (Å²) in [5.74, 6) is 0.366. The zero-order valence-corrected chi connectivity index (χ0v) is 13.9. The summed E-state index contributed by atoms with van der Waals surface area (Å²) >= 11 is 3.47. The predicted molar refractivity (Wildman–Crippen MR) is 87.5 cm³/mol. The Balaban J connectivity index is 2.31. The van der Waals surface area contributed by atoms with E-state index in [9.17, 15) is 5.26 Å². The van der Waals surface area contributed by atoms with Crippen LogP contribution in [0.3, 0.4) is 0 Å². The molecule has 0 spiro atoms. The molecule has 1 aromatic carbocycles.